The van der Waals surface area contributed by atoms with Crippen LogP contribution in [0.25, 0.3) is 33.4 Å². The fourth-order valence-electron chi connectivity index (χ4n) is 4.86. The van der Waals surface area contributed by atoms with Gasteiger partial charge >= 0.3 is 17.9 Å². The molecule has 0 fully saturated rings. The van der Waals surface area contributed by atoms with Crippen LogP contribution in [0.2, 0.25) is 0 Å². The Morgan fingerprint density at radius 3 is 1.52 bits per heavy atom. The Bertz CT molecular complexity index is 1840. The number of hydrogen-bond acceptors (Lipinski definition) is 9. The summed E-state index contributed by atoms with van der Waals surface area (Å²) in [6.45, 7) is 11.6. The zero-order chi connectivity index (χ0) is 36.0. The Kier molecular flexibility index (Phi) is 13.6. The fourth-order valence-corrected chi connectivity index (χ4v) is 4.86. The molecule has 0 spiro atoms. The van der Waals surface area contributed by atoms with Crippen molar-refractivity contribution in [1.82, 2.24) is 0 Å². The summed E-state index contributed by atoms with van der Waals surface area (Å²) in [6, 6.07) is 28.5. The van der Waals surface area contributed by atoms with Crippen molar-refractivity contribution in [3.8, 4) is 44.9 Å². The zero-order valence-electron chi connectivity index (χ0n) is 28.5. The van der Waals surface area contributed by atoms with E-state index in [4.69, 9.17) is 28.4 Å². The molecule has 0 radical (unpaired) electrons. The Morgan fingerprint density at radius 1 is 0.520 bits per heavy atom. The second kappa shape index (κ2) is 18.2. The van der Waals surface area contributed by atoms with Crippen molar-refractivity contribution < 1.29 is 42.8 Å². The van der Waals surface area contributed by atoms with Crippen LogP contribution in [0.5, 0.6) is 11.5 Å². The Hall–Kier alpha value is -5.61. The Balaban J connectivity index is 1.54. The van der Waals surface area contributed by atoms with Gasteiger partial charge < -0.3 is 28.4 Å². The van der Waals surface area contributed by atoms with Crippen molar-refractivity contribution >= 4 is 17.9 Å². The predicted octanol–water partition coefficient (Wildman–Crippen LogP) is 7.19. The summed E-state index contributed by atoms with van der Waals surface area (Å²) in [5.74, 6) is -0.885. The maximum atomic E-state index is 12.8. The number of methoxy groups -OCH3 is 3. The van der Waals surface area contributed by atoms with Crippen LogP contribution in [0.3, 0.4) is 0 Å². The number of ether oxygens (including phenoxy) is 6. The minimum absolute atomic E-state index is 0.0464. The maximum absolute atomic E-state index is 12.8. The molecule has 50 heavy (non-hydrogen) atoms. The summed E-state index contributed by atoms with van der Waals surface area (Å²) in [5.41, 5.74) is 6.93. The smallest absolute Gasteiger partial charge is 0.341 e. The Labute approximate surface area is 292 Å². The molecule has 0 aromatic heterocycles. The van der Waals surface area contributed by atoms with Gasteiger partial charge in [0.05, 0.1) is 43.1 Å². The van der Waals surface area contributed by atoms with E-state index in [9.17, 15) is 14.4 Å². The number of carbonyl (C=O) groups is 3. The molecule has 0 unspecified atom stereocenters. The van der Waals surface area contributed by atoms with Crippen LogP contribution in [0, 0.1) is 0 Å². The minimum Gasteiger partial charge on any atom is -0.462 e. The van der Waals surface area contributed by atoms with E-state index in [1.165, 1.54) is 21.3 Å². The molecule has 0 bridgehead atoms. The third kappa shape index (κ3) is 10.2. The highest BCUT2D eigenvalue weighted by Crippen LogP contribution is 2.36. The van der Waals surface area contributed by atoms with Crippen molar-refractivity contribution in [3.63, 3.8) is 0 Å². The van der Waals surface area contributed by atoms with E-state index < -0.39 is 17.9 Å². The van der Waals surface area contributed by atoms with Crippen LogP contribution >= 0.6 is 0 Å². The SMILES string of the molecule is C=C(COC)C(=O)OCCc1ccc(-c2ccc(-c3cc(-c4ccc(OC(=O)C(=C)COC)cc4)ccc3OC(=O)C(=C)COC)cc2)cc1. The largest absolute Gasteiger partial charge is 0.462 e. The summed E-state index contributed by atoms with van der Waals surface area (Å²) in [5, 5.41) is 0. The maximum Gasteiger partial charge on any atom is 0.341 e. The third-order valence-corrected chi connectivity index (χ3v) is 7.51. The fraction of sp³-hybridized carbons (Fsp3) is 0.195. The van der Waals surface area contributed by atoms with Gasteiger partial charge in [-0.15, -0.1) is 0 Å². The first-order chi connectivity index (χ1) is 24.1. The molecule has 0 amide bonds. The average molecular weight is 677 g/mol. The molecule has 0 aliphatic rings. The van der Waals surface area contributed by atoms with Crippen LogP contribution < -0.4 is 9.47 Å². The van der Waals surface area contributed by atoms with Crippen molar-refractivity contribution in [2.45, 2.75) is 6.42 Å². The van der Waals surface area contributed by atoms with Crippen LogP contribution in [0.15, 0.2) is 127 Å². The second-order valence-corrected chi connectivity index (χ2v) is 11.3. The molecular formula is C41H40O9. The molecule has 4 rings (SSSR count). The summed E-state index contributed by atoms with van der Waals surface area (Å²) >= 11 is 0. The van der Waals surface area contributed by atoms with E-state index >= 15 is 0 Å². The predicted molar refractivity (Wildman–Crippen MR) is 192 cm³/mol. The first-order valence-electron chi connectivity index (χ1n) is 15.7. The van der Waals surface area contributed by atoms with Crippen molar-refractivity contribution in [3.05, 3.63) is 133 Å². The van der Waals surface area contributed by atoms with Gasteiger partial charge in [0.1, 0.15) is 11.5 Å². The summed E-state index contributed by atoms with van der Waals surface area (Å²) in [4.78, 5) is 36.9. The molecule has 4 aromatic carbocycles. The summed E-state index contributed by atoms with van der Waals surface area (Å²) < 4.78 is 31.4. The lowest BCUT2D eigenvalue weighted by atomic mass is 9.96. The van der Waals surface area contributed by atoms with Crippen LogP contribution in [-0.4, -0.2) is 65.7 Å². The second-order valence-electron chi connectivity index (χ2n) is 11.3. The highest BCUT2D eigenvalue weighted by atomic mass is 16.5. The third-order valence-electron chi connectivity index (χ3n) is 7.51. The van der Waals surface area contributed by atoms with Crippen molar-refractivity contribution in [2.24, 2.45) is 0 Å². The quantitative estimate of drug-likeness (QED) is 0.0653. The van der Waals surface area contributed by atoms with E-state index in [1.807, 2.05) is 72.8 Å². The topological polar surface area (TPSA) is 107 Å². The molecule has 0 saturated carbocycles. The van der Waals surface area contributed by atoms with E-state index in [-0.39, 0.29) is 43.1 Å². The molecule has 0 aliphatic carbocycles. The highest BCUT2D eigenvalue weighted by Gasteiger charge is 2.16. The van der Waals surface area contributed by atoms with Gasteiger partial charge in [0.25, 0.3) is 0 Å². The van der Waals surface area contributed by atoms with Gasteiger partial charge in [-0.1, -0.05) is 86.5 Å². The van der Waals surface area contributed by atoms with Gasteiger partial charge in [-0.3, -0.25) is 0 Å². The van der Waals surface area contributed by atoms with Crippen molar-refractivity contribution in [1.29, 1.82) is 0 Å². The molecular weight excluding hydrogens is 636 g/mol. The van der Waals surface area contributed by atoms with Gasteiger partial charge in [0.15, 0.2) is 0 Å². The van der Waals surface area contributed by atoms with Gasteiger partial charge in [-0.25, -0.2) is 14.4 Å². The molecule has 0 saturated heterocycles. The molecule has 0 N–H and O–H groups in total. The number of rotatable bonds is 17. The number of carbonyl (C=O) groups excluding carboxylic acids is 3. The lowest BCUT2D eigenvalue weighted by Crippen LogP contribution is -2.14. The van der Waals surface area contributed by atoms with E-state index in [0.717, 1.165) is 33.4 Å². The van der Waals surface area contributed by atoms with E-state index in [1.54, 1.807) is 18.2 Å². The molecule has 9 nitrogen and oxygen atoms in total. The lowest BCUT2D eigenvalue weighted by molar-refractivity contribution is -0.139. The summed E-state index contributed by atoms with van der Waals surface area (Å²) in [6.07, 6.45) is 0.567. The van der Waals surface area contributed by atoms with Crippen molar-refractivity contribution in [2.75, 3.05) is 47.8 Å². The standard InChI is InChI=1S/C41H40O9/c1-27(24-45-4)39(42)48-22-21-30-7-9-31(10-8-30)32-11-13-34(14-12-32)37-23-35(17-20-38(37)50-41(44)29(3)26-47-6)33-15-18-36(19-16-33)49-40(43)28(2)25-46-5/h7-20,23H,1-3,21-22,24-26H2,4-6H3. The molecule has 0 atom stereocenters. The van der Waals surface area contributed by atoms with Crippen LogP contribution in [0.4, 0.5) is 0 Å². The molecule has 0 heterocycles. The first-order valence-corrected chi connectivity index (χ1v) is 15.7. The summed E-state index contributed by atoms with van der Waals surface area (Å²) in [7, 11) is 4.46. The van der Waals surface area contributed by atoms with E-state index in [0.29, 0.717) is 23.5 Å². The highest BCUT2D eigenvalue weighted by molar-refractivity contribution is 5.92. The zero-order valence-corrected chi connectivity index (χ0v) is 28.5. The molecule has 258 valence electrons. The molecule has 0 aliphatic heterocycles. The van der Waals surface area contributed by atoms with Gasteiger partial charge in [-0.05, 0) is 57.6 Å². The normalized spacial score (nSPS) is 10.6. The Morgan fingerprint density at radius 2 is 0.960 bits per heavy atom. The number of hydrogen-bond donors (Lipinski definition) is 0. The number of esters is 3. The van der Waals surface area contributed by atoms with Crippen LogP contribution in [-0.2, 0) is 39.8 Å². The van der Waals surface area contributed by atoms with E-state index in [2.05, 4.69) is 19.7 Å². The van der Waals surface area contributed by atoms with Gasteiger partial charge in [0.2, 0.25) is 0 Å². The minimum atomic E-state index is -0.589. The van der Waals surface area contributed by atoms with Gasteiger partial charge in [0, 0.05) is 33.3 Å². The average Bonchev–Trinajstić information content (AvgIpc) is 3.12. The lowest BCUT2D eigenvalue weighted by Gasteiger charge is -2.14. The monoisotopic (exact) mass is 676 g/mol. The molecule has 4 aromatic rings. The molecule has 9 heteroatoms. The van der Waals surface area contributed by atoms with Crippen LogP contribution in [0.1, 0.15) is 5.56 Å². The first kappa shape index (κ1) is 37.2. The number of benzene rings is 4. The van der Waals surface area contributed by atoms with Gasteiger partial charge in [-0.2, -0.15) is 0 Å².